The summed E-state index contributed by atoms with van der Waals surface area (Å²) in [4.78, 5) is 34.3. The Bertz CT molecular complexity index is 1170. The van der Waals surface area contributed by atoms with E-state index in [4.69, 9.17) is 42.7 Å². The standard InChI is InChI=1S/C23H36N5O6PS/c1-6-10-15(9-4)32-12-16-18(34-35(30,36)14(5)8-3)19(31-11-7-2)22(33-16)28-13-25-17-20(28)26-23(24)27-21(17)29/h2,13-16,18-19,22H,6,8-12H2,1,3-5H3,(H,30,36)(H3,24,26,27,29). The lowest BCUT2D eigenvalue weighted by Crippen LogP contribution is -2.39. The highest BCUT2D eigenvalue weighted by Crippen LogP contribution is 2.53. The Hall–Kier alpha value is -1.84. The SMILES string of the molecule is C#CCOC1C(OP(O)(=S)C(C)CC)C(COC(CC)CCC)OC1n1cnc2c(=O)[nH]c(N)nc21. The first-order valence-corrected chi connectivity index (χ1v) is 15.0. The Balaban J connectivity index is 2.02. The molecule has 1 aliphatic heterocycles. The van der Waals surface area contributed by atoms with Crippen LogP contribution in [0.15, 0.2) is 11.1 Å². The van der Waals surface area contributed by atoms with Gasteiger partial charge in [-0.1, -0.05) is 40.0 Å². The van der Waals surface area contributed by atoms with Crippen LogP contribution < -0.4 is 11.3 Å². The molecule has 13 heteroatoms. The summed E-state index contributed by atoms with van der Waals surface area (Å²) in [5.74, 6) is 2.40. The summed E-state index contributed by atoms with van der Waals surface area (Å²) in [6, 6.07) is 0. The van der Waals surface area contributed by atoms with E-state index in [1.165, 1.54) is 6.33 Å². The number of rotatable bonds is 13. The van der Waals surface area contributed by atoms with Gasteiger partial charge in [-0.25, -0.2) is 4.98 Å². The molecule has 0 bridgehead atoms. The van der Waals surface area contributed by atoms with Crippen LogP contribution in [0.3, 0.4) is 0 Å². The van der Waals surface area contributed by atoms with Crippen molar-refractivity contribution in [1.29, 1.82) is 0 Å². The zero-order chi connectivity index (χ0) is 26.5. The van der Waals surface area contributed by atoms with Crippen LogP contribution in [0.2, 0.25) is 0 Å². The number of fused-ring (bicyclic) bond motifs is 1. The molecule has 36 heavy (non-hydrogen) atoms. The Morgan fingerprint density at radius 1 is 1.39 bits per heavy atom. The lowest BCUT2D eigenvalue weighted by atomic mass is 10.1. The van der Waals surface area contributed by atoms with Crippen molar-refractivity contribution in [1.82, 2.24) is 19.5 Å². The fourth-order valence-corrected chi connectivity index (χ4v) is 6.13. The highest BCUT2D eigenvalue weighted by atomic mass is 32.5. The van der Waals surface area contributed by atoms with Crippen molar-refractivity contribution in [3.8, 4) is 12.3 Å². The molecule has 2 aromatic rings. The van der Waals surface area contributed by atoms with Crippen LogP contribution in [0.4, 0.5) is 5.95 Å². The maximum atomic E-state index is 12.3. The highest BCUT2D eigenvalue weighted by molar-refractivity contribution is 8.09. The Morgan fingerprint density at radius 3 is 2.78 bits per heavy atom. The normalized spacial score (nSPS) is 25.4. The second-order valence-corrected chi connectivity index (χ2v) is 12.7. The number of nitrogens with zero attached hydrogens (tertiary/aromatic N) is 3. The minimum atomic E-state index is -3.22. The fraction of sp³-hybridized carbons (Fsp3) is 0.696. The second-order valence-electron chi connectivity index (χ2n) is 8.86. The number of imidazole rings is 1. The van der Waals surface area contributed by atoms with Crippen LogP contribution in [0.5, 0.6) is 0 Å². The quantitative estimate of drug-likeness (QED) is 0.255. The number of terminal acetylenes is 1. The first-order valence-electron chi connectivity index (χ1n) is 12.2. The third-order valence-corrected chi connectivity index (χ3v) is 9.71. The van der Waals surface area contributed by atoms with E-state index in [-0.39, 0.29) is 42.1 Å². The minimum Gasteiger partial charge on any atom is -0.375 e. The molecule has 0 amide bonds. The van der Waals surface area contributed by atoms with Gasteiger partial charge < -0.3 is 29.4 Å². The van der Waals surface area contributed by atoms with Gasteiger partial charge in [-0.2, -0.15) is 4.98 Å². The maximum Gasteiger partial charge on any atom is 0.280 e. The molecule has 1 saturated heterocycles. The van der Waals surface area contributed by atoms with Crippen molar-refractivity contribution in [2.75, 3.05) is 18.9 Å². The first kappa shape index (κ1) is 28.7. The lowest BCUT2D eigenvalue weighted by Gasteiger charge is -2.31. The zero-order valence-corrected chi connectivity index (χ0v) is 22.8. The van der Waals surface area contributed by atoms with Crippen molar-refractivity contribution in [3.05, 3.63) is 16.7 Å². The number of aromatic nitrogens is 4. The van der Waals surface area contributed by atoms with E-state index in [0.29, 0.717) is 6.42 Å². The number of anilines is 1. The summed E-state index contributed by atoms with van der Waals surface area (Å²) in [5.41, 5.74) is 5.39. The Morgan fingerprint density at radius 2 is 2.14 bits per heavy atom. The number of aromatic amines is 1. The number of hydrogen-bond acceptors (Lipinski definition) is 9. The molecule has 1 aliphatic rings. The van der Waals surface area contributed by atoms with Gasteiger partial charge >= 0.3 is 0 Å². The number of H-pyrrole nitrogens is 1. The van der Waals surface area contributed by atoms with Gasteiger partial charge in [-0.15, -0.1) is 6.42 Å². The molecule has 0 aliphatic carbocycles. The Labute approximate surface area is 216 Å². The average molecular weight is 542 g/mol. The summed E-state index contributed by atoms with van der Waals surface area (Å²) >= 11 is 5.53. The van der Waals surface area contributed by atoms with Gasteiger partial charge in [0.05, 0.1) is 19.0 Å². The molecule has 200 valence electrons. The summed E-state index contributed by atoms with van der Waals surface area (Å²) in [6.45, 7) is 4.88. The smallest absolute Gasteiger partial charge is 0.280 e. The Kier molecular flexibility index (Phi) is 10.1. The molecule has 0 aromatic carbocycles. The molecule has 7 unspecified atom stereocenters. The van der Waals surface area contributed by atoms with Crippen molar-refractivity contribution >= 4 is 35.4 Å². The van der Waals surface area contributed by atoms with Gasteiger partial charge in [0.15, 0.2) is 23.9 Å². The zero-order valence-electron chi connectivity index (χ0n) is 21.1. The molecule has 3 heterocycles. The van der Waals surface area contributed by atoms with Crippen LogP contribution in [0.1, 0.15) is 59.6 Å². The summed E-state index contributed by atoms with van der Waals surface area (Å²) in [7, 11) is 0. The number of ether oxygens (including phenoxy) is 3. The maximum absolute atomic E-state index is 12.3. The predicted octanol–water partition coefficient (Wildman–Crippen LogP) is 2.70. The monoisotopic (exact) mass is 541 g/mol. The first-order chi connectivity index (χ1) is 17.2. The van der Waals surface area contributed by atoms with E-state index in [2.05, 4.69) is 34.7 Å². The topological polar surface area (TPSA) is 147 Å². The van der Waals surface area contributed by atoms with Gasteiger partial charge in [0.2, 0.25) is 5.95 Å². The van der Waals surface area contributed by atoms with E-state index in [1.54, 1.807) is 4.57 Å². The van der Waals surface area contributed by atoms with E-state index in [1.807, 2.05) is 13.8 Å². The van der Waals surface area contributed by atoms with E-state index in [0.717, 1.165) is 19.3 Å². The van der Waals surface area contributed by atoms with E-state index >= 15 is 0 Å². The van der Waals surface area contributed by atoms with Crippen molar-refractivity contribution < 1.29 is 23.6 Å². The van der Waals surface area contributed by atoms with Gasteiger partial charge in [-0.05, 0) is 31.1 Å². The summed E-state index contributed by atoms with van der Waals surface area (Å²) < 4.78 is 26.4. The molecule has 0 spiro atoms. The number of nitrogen functional groups attached to an aromatic ring is 1. The molecule has 0 saturated carbocycles. The molecule has 3 rings (SSSR count). The number of nitrogens with one attached hydrogen (secondary N) is 1. The summed E-state index contributed by atoms with van der Waals surface area (Å²) in [5, 5.41) is 0. The van der Waals surface area contributed by atoms with Crippen LogP contribution in [0, 0.1) is 12.3 Å². The molecule has 1 fully saturated rings. The van der Waals surface area contributed by atoms with Crippen molar-refractivity contribution in [2.24, 2.45) is 0 Å². The van der Waals surface area contributed by atoms with Crippen LogP contribution in [0.25, 0.3) is 11.2 Å². The predicted molar refractivity (Wildman–Crippen MR) is 141 cm³/mol. The van der Waals surface area contributed by atoms with Gasteiger partial charge in [0.25, 0.3) is 5.56 Å². The van der Waals surface area contributed by atoms with Gasteiger partial charge in [0, 0.05) is 5.66 Å². The largest absolute Gasteiger partial charge is 0.375 e. The average Bonchev–Trinajstić information content (AvgIpc) is 3.40. The van der Waals surface area contributed by atoms with E-state index < -0.39 is 36.6 Å². The molecule has 7 atom stereocenters. The van der Waals surface area contributed by atoms with Crippen LogP contribution in [-0.4, -0.2) is 67.7 Å². The lowest BCUT2D eigenvalue weighted by molar-refractivity contribution is -0.0840. The molecule has 4 N–H and O–H groups in total. The molecule has 0 radical (unpaired) electrons. The third-order valence-electron chi connectivity index (χ3n) is 6.35. The van der Waals surface area contributed by atoms with E-state index in [9.17, 15) is 9.69 Å². The van der Waals surface area contributed by atoms with Crippen molar-refractivity contribution in [2.45, 2.75) is 89.7 Å². The fourth-order valence-electron chi connectivity index (χ4n) is 4.11. The van der Waals surface area contributed by atoms with Gasteiger partial charge in [0.1, 0.15) is 24.9 Å². The van der Waals surface area contributed by atoms with Gasteiger partial charge in [-0.3, -0.25) is 14.3 Å². The van der Waals surface area contributed by atoms with Crippen LogP contribution >= 0.6 is 6.49 Å². The molecular formula is C23H36N5O6PS. The van der Waals surface area contributed by atoms with Crippen molar-refractivity contribution in [3.63, 3.8) is 0 Å². The molecule has 2 aromatic heterocycles. The highest BCUT2D eigenvalue weighted by Gasteiger charge is 2.50. The number of nitrogens with two attached hydrogens (primary N) is 1. The minimum absolute atomic E-state index is 0.0359. The molecule has 11 nitrogen and oxygen atoms in total. The summed E-state index contributed by atoms with van der Waals surface area (Å²) in [6.07, 6.45) is 7.28. The van der Waals surface area contributed by atoms with Crippen LogP contribution in [-0.2, 0) is 30.5 Å². The second kappa shape index (κ2) is 12.6. The number of hydrogen-bond donors (Lipinski definition) is 3. The molecular weight excluding hydrogens is 505 g/mol. The third kappa shape index (κ3) is 6.34.